The molecule has 2 N–H and O–H groups in total. The molecule has 0 atom stereocenters. The minimum absolute atomic E-state index is 0.413. The van der Waals surface area contributed by atoms with E-state index in [0.29, 0.717) is 12.5 Å². The van der Waals surface area contributed by atoms with Crippen LogP contribution < -0.4 is 5.73 Å². The highest BCUT2D eigenvalue weighted by molar-refractivity contribution is 5.30. The number of aryl methyl sites for hydroxylation is 2. The fraction of sp³-hybridized carbons (Fsp3) is 0.462. The Balaban J connectivity index is 2.58. The summed E-state index contributed by atoms with van der Waals surface area (Å²) in [5.74, 6) is 0.607. The molecular weight excluding hydrogens is 226 g/mol. The van der Waals surface area contributed by atoms with Gasteiger partial charge in [-0.1, -0.05) is 6.92 Å². The molecule has 5 heteroatoms. The first-order valence-electron chi connectivity index (χ1n) is 6.17. The van der Waals surface area contributed by atoms with Crippen molar-refractivity contribution in [3.63, 3.8) is 0 Å². The van der Waals surface area contributed by atoms with Crippen LogP contribution in [0.4, 0.5) is 0 Å². The van der Waals surface area contributed by atoms with Gasteiger partial charge in [0.05, 0.1) is 11.4 Å². The van der Waals surface area contributed by atoms with E-state index >= 15 is 0 Å². The Kier molecular flexibility index (Phi) is 3.43. The Morgan fingerprint density at radius 2 is 1.94 bits per heavy atom. The maximum atomic E-state index is 5.65. The van der Waals surface area contributed by atoms with Crippen molar-refractivity contribution in [3.8, 4) is 5.95 Å². The van der Waals surface area contributed by atoms with Gasteiger partial charge in [-0.05, 0) is 38.8 Å². The van der Waals surface area contributed by atoms with Crippen LogP contribution in [0.25, 0.3) is 5.95 Å². The molecule has 2 heterocycles. The highest BCUT2D eigenvalue weighted by atomic mass is 15.4. The highest BCUT2D eigenvalue weighted by Gasteiger charge is 2.13. The van der Waals surface area contributed by atoms with Gasteiger partial charge in [0.2, 0.25) is 0 Å². The second-order valence-corrected chi connectivity index (χ2v) is 4.42. The lowest BCUT2D eigenvalue weighted by molar-refractivity contribution is 0.754. The van der Waals surface area contributed by atoms with E-state index < -0.39 is 0 Å². The van der Waals surface area contributed by atoms with E-state index in [2.05, 4.69) is 22.0 Å². The van der Waals surface area contributed by atoms with Crippen molar-refractivity contribution in [2.75, 3.05) is 0 Å². The molecule has 2 aromatic rings. The lowest BCUT2D eigenvalue weighted by Gasteiger charge is -2.06. The zero-order valence-corrected chi connectivity index (χ0v) is 11.4. The summed E-state index contributed by atoms with van der Waals surface area (Å²) in [6, 6.07) is 1.90. The van der Waals surface area contributed by atoms with E-state index in [9.17, 15) is 0 Å². The number of hydrogen-bond donors (Lipinski definition) is 1. The largest absolute Gasteiger partial charge is 0.325 e. The highest BCUT2D eigenvalue weighted by Crippen LogP contribution is 2.16. The summed E-state index contributed by atoms with van der Waals surface area (Å²) in [4.78, 5) is 8.87. The minimum atomic E-state index is 0.413. The number of nitrogens with zero attached hydrogens (tertiary/aromatic N) is 4. The number of aromatic nitrogens is 4. The molecule has 96 valence electrons. The number of rotatable bonds is 3. The summed E-state index contributed by atoms with van der Waals surface area (Å²) in [7, 11) is 0. The van der Waals surface area contributed by atoms with E-state index in [1.165, 1.54) is 5.56 Å². The van der Waals surface area contributed by atoms with Crippen LogP contribution in [0, 0.1) is 20.8 Å². The predicted molar refractivity (Wildman–Crippen MR) is 70.6 cm³/mol. The molecule has 0 amide bonds. The van der Waals surface area contributed by atoms with Crippen LogP contribution >= 0.6 is 0 Å². The van der Waals surface area contributed by atoms with Crippen molar-refractivity contribution < 1.29 is 0 Å². The van der Waals surface area contributed by atoms with Crippen molar-refractivity contribution in [1.29, 1.82) is 0 Å². The maximum absolute atomic E-state index is 5.65. The van der Waals surface area contributed by atoms with Crippen molar-refractivity contribution in [1.82, 2.24) is 19.7 Å². The van der Waals surface area contributed by atoms with Gasteiger partial charge in [-0.3, -0.25) is 0 Å². The van der Waals surface area contributed by atoms with Crippen LogP contribution in [-0.4, -0.2) is 19.7 Å². The molecule has 2 rings (SSSR count). The van der Waals surface area contributed by atoms with Crippen molar-refractivity contribution in [2.45, 2.75) is 40.7 Å². The topological polar surface area (TPSA) is 69.6 Å². The molecule has 0 bridgehead atoms. The molecule has 0 aliphatic carbocycles. The van der Waals surface area contributed by atoms with Crippen molar-refractivity contribution >= 4 is 0 Å². The smallest absolute Gasteiger partial charge is 0.251 e. The molecule has 0 unspecified atom stereocenters. The van der Waals surface area contributed by atoms with Gasteiger partial charge in [0, 0.05) is 17.9 Å². The molecule has 0 saturated carbocycles. The van der Waals surface area contributed by atoms with Gasteiger partial charge in [0.15, 0.2) is 0 Å². The zero-order chi connectivity index (χ0) is 13.3. The standard InChI is InChI=1S/C13H19N5/c1-5-12-9(3)17-18(10(12)4)13-15-8(2)6-11(7-14)16-13/h6H,5,7,14H2,1-4H3. The Morgan fingerprint density at radius 3 is 2.50 bits per heavy atom. The van der Waals surface area contributed by atoms with Crippen LogP contribution in [0.1, 0.15) is 35.3 Å². The van der Waals surface area contributed by atoms with Gasteiger partial charge in [0.1, 0.15) is 0 Å². The summed E-state index contributed by atoms with van der Waals surface area (Å²) in [6.45, 7) is 8.55. The average molecular weight is 245 g/mol. The van der Waals surface area contributed by atoms with Gasteiger partial charge < -0.3 is 5.73 Å². The normalized spacial score (nSPS) is 10.9. The van der Waals surface area contributed by atoms with E-state index in [4.69, 9.17) is 5.73 Å². The molecule has 0 spiro atoms. The predicted octanol–water partition coefficient (Wildman–Crippen LogP) is 1.61. The molecule has 0 radical (unpaired) electrons. The summed E-state index contributed by atoms with van der Waals surface area (Å²) >= 11 is 0. The molecule has 0 aliphatic rings. The fourth-order valence-corrected chi connectivity index (χ4v) is 2.20. The lowest BCUT2D eigenvalue weighted by Crippen LogP contribution is -2.10. The molecule has 18 heavy (non-hydrogen) atoms. The van der Waals surface area contributed by atoms with E-state index in [-0.39, 0.29) is 0 Å². The van der Waals surface area contributed by atoms with Gasteiger partial charge in [0.25, 0.3) is 5.95 Å². The Morgan fingerprint density at radius 1 is 1.22 bits per heavy atom. The Bertz CT molecular complexity index is 571. The maximum Gasteiger partial charge on any atom is 0.251 e. The van der Waals surface area contributed by atoms with Crippen LogP contribution in [0.3, 0.4) is 0 Å². The van der Waals surface area contributed by atoms with E-state index in [1.807, 2.05) is 26.8 Å². The van der Waals surface area contributed by atoms with Gasteiger partial charge in [-0.15, -0.1) is 0 Å². The molecule has 0 saturated heterocycles. The van der Waals surface area contributed by atoms with Crippen molar-refractivity contribution in [2.24, 2.45) is 5.73 Å². The molecule has 0 fully saturated rings. The minimum Gasteiger partial charge on any atom is -0.325 e. The summed E-state index contributed by atoms with van der Waals surface area (Å²) < 4.78 is 1.81. The second-order valence-electron chi connectivity index (χ2n) is 4.42. The van der Waals surface area contributed by atoms with Crippen LogP contribution in [0.2, 0.25) is 0 Å². The summed E-state index contributed by atoms with van der Waals surface area (Å²) in [5.41, 5.74) is 10.8. The van der Waals surface area contributed by atoms with Crippen LogP contribution in [0.5, 0.6) is 0 Å². The van der Waals surface area contributed by atoms with Crippen LogP contribution in [-0.2, 0) is 13.0 Å². The lowest BCUT2D eigenvalue weighted by atomic mass is 10.1. The Labute approximate surface area is 107 Å². The molecular formula is C13H19N5. The summed E-state index contributed by atoms with van der Waals surface area (Å²) in [6.07, 6.45) is 0.966. The second kappa shape index (κ2) is 4.86. The third-order valence-electron chi connectivity index (χ3n) is 3.09. The molecule has 2 aromatic heterocycles. The van der Waals surface area contributed by atoms with E-state index in [0.717, 1.165) is 29.2 Å². The molecule has 0 aromatic carbocycles. The van der Waals surface area contributed by atoms with Gasteiger partial charge in [-0.2, -0.15) is 5.10 Å². The first-order valence-corrected chi connectivity index (χ1v) is 6.17. The zero-order valence-electron chi connectivity index (χ0n) is 11.4. The quantitative estimate of drug-likeness (QED) is 0.892. The fourth-order valence-electron chi connectivity index (χ4n) is 2.20. The monoisotopic (exact) mass is 245 g/mol. The van der Waals surface area contributed by atoms with Crippen LogP contribution in [0.15, 0.2) is 6.07 Å². The summed E-state index contributed by atoms with van der Waals surface area (Å²) in [5, 5.41) is 4.52. The third-order valence-corrected chi connectivity index (χ3v) is 3.09. The first kappa shape index (κ1) is 12.7. The third kappa shape index (κ3) is 2.13. The van der Waals surface area contributed by atoms with Gasteiger partial charge in [-0.25, -0.2) is 14.6 Å². The SMILES string of the molecule is CCc1c(C)nn(-c2nc(C)cc(CN)n2)c1C. The number of nitrogens with two attached hydrogens (primary N) is 1. The van der Waals surface area contributed by atoms with Gasteiger partial charge >= 0.3 is 0 Å². The molecule has 5 nitrogen and oxygen atoms in total. The van der Waals surface area contributed by atoms with E-state index in [1.54, 1.807) is 4.68 Å². The Hall–Kier alpha value is -1.75. The average Bonchev–Trinajstić information content (AvgIpc) is 2.63. The molecule has 0 aliphatic heterocycles. The van der Waals surface area contributed by atoms with Crippen molar-refractivity contribution in [3.05, 3.63) is 34.4 Å². The number of hydrogen-bond acceptors (Lipinski definition) is 4. The first-order chi connectivity index (χ1) is 8.56.